The molecule has 0 N–H and O–H groups in total. The average molecular weight is 285 g/mol. The van der Waals surface area contributed by atoms with Crippen LogP contribution < -0.4 is 0 Å². The van der Waals surface area contributed by atoms with Crippen molar-refractivity contribution in [3.8, 4) is 11.5 Å². The van der Waals surface area contributed by atoms with Crippen molar-refractivity contribution in [2.45, 2.75) is 32.7 Å². The lowest BCUT2D eigenvalue weighted by molar-refractivity contribution is 0.0728. The minimum Gasteiger partial charge on any atom is -0.421 e. The molecule has 0 saturated heterocycles. The maximum Gasteiger partial charge on any atom is 0.254 e. The minimum absolute atomic E-state index is 0.000790. The van der Waals surface area contributed by atoms with Gasteiger partial charge in [0.1, 0.15) is 0 Å². The molecule has 1 unspecified atom stereocenters. The number of amides is 1. The largest absolute Gasteiger partial charge is 0.421 e. The standard InChI is InChI=1S/C16H19N3O2/c1-10(12-8-9-12)19(3)16(20)14-7-5-4-6-13(14)15-18-17-11(2)21-15/h4-7,10,12H,8-9H2,1-3H3. The summed E-state index contributed by atoms with van der Waals surface area (Å²) in [7, 11) is 1.86. The van der Waals surface area contributed by atoms with Gasteiger partial charge in [0.05, 0.1) is 11.1 Å². The molecule has 5 nitrogen and oxygen atoms in total. The van der Waals surface area contributed by atoms with Gasteiger partial charge in [-0.05, 0) is 37.8 Å². The average Bonchev–Trinajstić information content (AvgIpc) is 3.26. The van der Waals surface area contributed by atoms with Crippen molar-refractivity contribution in [3.63, 3.8) is 0 Å². The van der Waals surface area contributed by atoms with Gasteiger partial charge in [0, 0.05) is 20.0 Å². The van der Waals surface area contributed by atoms with E-state index < -0.39 is 0 Å². The summed E-state index contributed by atoms with van der Waals surface area (Å²) in [5, 5.41) is 7.86. The first-order valence-electron chi connectivity index (χ1n) is 7.24. The number of carbonyl (C=O) groups is 1. The minimum atomic E-state index is 0.000790. The number of aromatic nitrogens is 2. The van der Waals surface area contributed by atoms with E-state index in [0.29, 0.717) is 28.8 Å². The van der Waals surface area contributed by atoms with Gasteiger partial charge in [0.2, 0.25) is 11.8 Å². The molecule has 1 atom stereocenters. The number of carbonyl (C=O) groups excluding carboxylic acids is 1. The molecule has 1 aliphatic carbocycles. The first-order chi connectivity index (χ1) is 10.1. The number of benzene rings is 1. The Labute approximate surface area is 124 Å². The predicted octanol–water partition coefficient (Wildman–Crippen LogP) is 2.92. The highest BCUT2D eigenvalue weighted by molar-refractivity contribution is 6.00. The molecule has 1 aromatic carbocycles. The van der Waals surface area contributed by atoms with E-state index in [0.717, 1.165) is 0 Å². The Hall–Kier alpha value is -2.17. The fraction of sp³-hybridized carbons (Fsp3) is 0.438. The van der Waals surface area contributed by atoms with Crippen molar-refractivity contribution >= 4 is 5.91 Å². The normalized spacial score (nSPS) is 15.8. The van der Waals surface area contributed by atoms with Gasteiger partial charge in [-0.1, -0.05) is 12.1 Å². The topological polar surface area (TPSA) is 59.2 Å². The third-order valence-corrected chi connectivity index (χ3v) is 4.15. The second-order valence-electron chi connectivity index (χ2n) is 5.67. The van der Waals surface area contributed by atoms with Crippen LogP contribution in [0.4, 0.5) is 0 Å². The van der Waals surface area contributed by atoms with E-state index in [1.807, 2.05) is 36.2 Å². The first kappa shape index (κ1) is 13.8. The van der Waals surface area contributed by atoms with Crippen molar-refractivity contribution in [3.05, 3.63) is 35.7 Å². The summed E-state index contributed by atoms with van der Waals surface area (Å²) < 4.78 is 5.47. The molecule has 1 saturated carbocycles. The molecule has 3 rings (SSSR count). The highest BCUT2D eigenvalue weighted by Crippen LogP contribution is 2.35. The summed E-state index contributed by atoms with van der Waals surface area (Å²) in [6.45, 7) is 3.84. The zero-order chi connectivity index (χ0) is 15.0. The van der Waals surface area contributed by atoms with Crippen molar-refractivity contribution < 1.29 is 9.21 Å². The summed E-state index contributed by atoms with van der Waals surface area (Å²) in [4.78, 5) is 14.6. The Morgan fingerprint density at radius 3 is 2.67 bits per heavy atom. The Kier molecular flexibility index (Phi) is 3.49. The predicted molar refractivity (Wildman–Crippen MR) is 78.8 cm³/mol. The van der Waals surface area contributed by atoms with Crippen LogP contribution in [0.5, 0.6) is 0 Å². The molecule has 2 aromatic rings. The second kappa shape index (κ2) is 5.31. The highest BCUT2D eigenvalue weighted by atomic mass is 16.4. The maximum absolute atomic E-state index is 12.8. The van der Waals surface area contributed by atoms with Gasteiger partial charge in [-0.3, -0.25) is 4.79 Å². The van der Waals surface area contributed by atoms with Crippen LogP contribution in [-0.2, 0) is 0 Å². The Morgan fingerprint density at radius 1 is 1.33 bits per heavy atom. The number of aryl methyl sites for hydroxylation is 1. The van der Waals surface area contributed by atoms with Crippen LogP contribution >= 0.6 is 0 Å². The molecular formula is C16H19N3O2. The summed E-state index contributed by atoms with van der Waals surface area (Å²) in [5.74, 6) is 1.52. The van der Waals surface area contributed by atoms with E-state index >= 15 is 0 Å². The van der Waals surface area contributed by atoms with Gasteiger partial charge in [-0.2, -0.15) is 0 Å². The van der Waals surface area contributed by atoms with Gasteiger partial charge >= 0.3 is 0 Å². The Balaban J connectivity index is 1.92. The van der Waals surface area contributed by atoms with E-state index in [2.05, 4.69) is 17.1 Å². The maximum atomic E-state index is 12.8. The number of nitrogens with zero attached hydrogens (tertiary/aromatic N) is 3. The smallest absolute Gasteiger partial charge is 0.254 e. The van der Waals surface area contributed by atoms with Crippen molar-refractivity contribution in [1.82, 2.24) is 15.1 Å². The Morgan fingerprint density at radius 2 is 2.05 bits per heavy atom. The molecule has 1 aromatic heterocycles. The molecule has 21 heavy (non-hydrogen) atoms. The van der Waals surface area contributed by atoms with Crippen molar-refractivity contribution in [2.75, 3.05) is 7.05 Å². The van der Waals surface area contributed by atoms with E-state index in [1.165, 1.54) is 12.8 Å². The van der Waals surface area contributed by atoms with Crippen LogP contribution in [0, 0.1) is 12.8 Å². The zero-order valence-electron chi connectivity index (χ0n) is 12.5. The lowest BCUT2D eigenvalue weighted by atomic mass is 10.0. The second-order valence-corrected chi connectivity index (χ2v) is 5.67. The summed E-state index contributed by atoms with van der Waals surface area (Å²) in [6, 6.07) is 7.64. The fourth-order valence-electron chi connectivity index (χ4n) is 2.53. The van der Waals surface area contributed by atoms with Gasteiger partial charge in [0.15, 0.2) is 0 Å². The molecular weight excluding hydrogens is 266 g/mol. The molecule has 0 spiro atoms. The quantitative estimate of drug-likeness (QED) is 0.866. The van der Waals surface area contributed by atoms with Crippen molar-refractivity contribution in [1.29, 1.82) is 0 Å². The van der Waals surface area contributed by atoms with Gasteiger partial charge < -0.3 is 9.32 Å². The number of rotatable bonds is 4. The van der Waals surface area contributed by atoms with Gasteiger partial charge in [0.25, 0.3) is 5.91 Å². The SMILES string of the molecule is Cc1nnc(-c2ccccc2C(=O)N(C)C(C)C2CC2)o1. The van der Waals surface area contributed by atoms with Crippen LogP contribution in [0.1, 0.15) is 36.0 Å². The first-order valence-corrected chi connectivity index (χ1v) is 7.24. The lowest BCUT2D eigenvalue weighted by Gasteiger charge is -2.25. The molecule has 0 bridgehead atoms. The molecule has 0 aliphatic heterocycles. The van der Waals surface area contributed by atoms with E-state index in [-0.39, 0.29) is 11.9 Å². The molecule has 5 heteroatoms. The zero-order valence-corrected chi connectivity index (χ0v) is 12.5. The molecule has 110 valence electrons. The highest BCUT2D eigenvalue weighted by Gasteiger charge is 2.33. The summed E-state index contributed by atoms with van der Waals surface area (Å²) in [5.41, 5.74) is 1.30. The van der Waals surface area contributed by atoms with Gasteiger partial charge in [-0.25, -0.2) is 0 Å². The van der Waals surface area contributed by atoms with Crippen LogP contribution in [0.3, 0.4) is 0 Å². The van der Waals surface area contributed by atoms with Crippen LogP contribution in [0.25, 0.3) is 11.5 Å². The van der Waals surface area contributed by atoms with E-state index in [4.69, 9.17) is 4.42 Å². The molecule has 1 fully saturated rings. The lowest BCUT2D eigenvalue weighted by Crippen LogP contribution is -2.36. The fourth-order valence-corrected chi connectivity index (χ4v) is 2.53. The third kappa shape index (κ3) is 2.68. The summed E-state index contributed by atoms with van der Waals surface area (Å²) in [6.07, 6.45) is 2.42. The Bertz CT molecular complexity index is 661. The molecule has 0 radical (unpaired) electrons. The van der Waals surface area contributed by atoms with Crippen LogP contribution in [0.15, 0.2) is 28.7 Å². The van der Waals surface area contributed by atoms with Gasteiger partial charge in [-0.15, -0.1) is 10.2 Å². The van der Waals surface area contributed by atoms with Crippen LogP contribution in [0.2, 0.25) is 0 Å². The monoisotopic (exact) mass is 285 g/mol. The third-order valence-electron chi connectivity index (χ3n) is 4.15. The van der Waals surface area contributed by atoms with E-state index in [1.54, 1.807) is 6.92 Å². The molecule has 1 heterocycles. The molecule has 1 amide bonds. The van der Waals surface area contributed by atoms with Crippen LogP contribution in [-0.4, -0.2) is 34.1 Å². The molecule has 1 aliphatic rings. The van der Waals surface area contributed by atoms with E-state index in [9.17, 15) is 4.79 Å². The summed E-state index contributed by atoms with van der Waals surface area (Å²) >= 11 is 0. The van der Waals surface area contributed by atoms with Crippen molar-refractivity contribution in [2.24, 2.45) is 5.92 Å². The number of hydrogen-bond acceptors (Lipinski definition) is 4. The number of hydrogen-bond donors (Lipinski definition) is 0.